The molecular weight excluding hydrogens is 256 g/mol. The number of piperidine rings is 1. The lowest BCUT2D eigenvalue weighted by Gasteiger charge is -2.37. The van der Waals surface area contributed by atoms with Crippen LogP contribution < -0.4 is 10.6 Å². The Bertz CT molecular complexity index is 490. The van der Waals surface area contributed by atoms with Crippen LogP contribution in [0.25, 0.3) is 0 Å². The number of nitrogens with two attached hydrogens (primary N) is 1. The fraction of sp³-hybridized carbons (Fsp3) is 0.533. The number of rotatable bonds is 3. The maximum Gasteiger partial charge on any atom is 0.340 e. The number of hydrogen-bond acceptors (Lipinski definition) is 5. The van der Waals surface area contributed by atoms with Gasteiger partial charge in [0.05, 0.1) is 23.5 Å². The second-order valence-corrected chi connectivity index (χ2v) is 5.48. The molecule has 3 N–H and O–H groups in total. The molecule has 1 aromatic rings. The summed E-state index contributed by atoms with van der Waals surface area (Å²) in [7, 11) is 0. The maximum absolute atomic E-state index is 12.0. The molecule has 1 saturated heterocycles. The molecule has 110 valence electrons. The van der Waals surface area contributed by atoms with E-state index in [1.54, 1.807) is 19.1 Å². The molecule has 5 nitrogen and oxygen atoms in total. The number of nitrogen functional groups attached to an aromatic ring is 1. The second kappa shape index (κ2) is 5.71. The van der Waals surface area contributed by atoms with Crippen molar-refractivity contribution in [1.82, 2.24) is 0 Å². The summed E-state index contributed by atoms with van der Waals surface area (Å²) in [6, 6.07) is 5.28. The Morgan fingerprint density at radius 2 is 2.10 bits per heavy atom. The highest BCUT2D eigenvalue weighted by atomic mass is 16.5. The summed E-state index contributed by atoms with van der Waals surface area (Å²) >= 11 is 0. The summed E-state index contributed by atoms with van der Waals surface area (Å²) in [5.41, 5.74) is 7.01. The van der Waals surface area contributed by atoms with Gasteiger partial charge in [-0.3, -0.25) is 0 Å². The lowest BCUT2D eigenvalue weighted by atomic mass is 9.93. The molecule has 0 atom stereocenters. The molecule has 0 spiro atoms. The third-order valence-corrected chi connectivity index (χ3v) is 3.70. The Morgan fingerprint density at radius 3 is 2.70 bits per heavy atom. The van der Waals surface area contributed by atoms with Gasteiger partial charge in [-0.2, -0.15) is 0 Å². The predicted molar refractivity (Wildman–Crippen MR) is 78.9 cm³/mol. The van der Waals surface area contributed by atoms with Crippen molar-refractivity contribution >= 4 is 17.3 Å². The van der Waals surface area contributed by atoms with Gasteiger partial charge in [-0.05, 0) is 44.9 Å². The van der Waals surface area contributed by atoms with E-state index < -0.39 is 5.60 Å². The quantitative estimate of drug-likeness (QED) is 0.651. The van der Waals surface area contributed by atoms with Gasteiger partial charge >= 0.3 is 5.97 Å². The normalized spacial score (nSPS) is 17.9. The third-order valence-electron chi connectivity index (χ3n) is 3.70. The summed E-state index contributed by atoms with van der Waals surface area (Å²) in [6.45, 7) is 5.38. The van der Waals surface area contributed by atoms with Crippen LogP contribution in [0.3, 0.4) is 0 Å². The average Bonchev–Trinajstić information content (AvgIpc) is 2.39. The molecule has 1 aliphatic rings. The first-order valence-electron chi connectivity index (χ1n) is 6.97. The van der Waals surface area contributed by atoms with E-state index in [2.05, 4.69) is 4.90 Å². The number of hydrogen-bond donors (Lipinski definition) is 2. The first kappa shape index (κ1) is 14.7. The van der Waals surface area contributed by atoms with Gasteiger partial charge < -0.3 is 20.5 Å². The van der Waals surface area contributed by atoms with Crippen LogP contribution in [0.5, 0.6) is 0 Å². The summed E-state index contributed by atoms with van der Waals surface area (Å²) in [5, 5.41) is 10.0. The van der Waals surface area contributed by atoms with Crippen LogP contribution in [0.2, 0.25) is 0 Å². The fourth-order valence-corrected chi connectivity index (χ4v) is 2.43. The van der Waals surface area contributed by atoms with Crippen molar-refractivity contribution in [3.63, 3.8) is 0 Å². The van der Waals surface area contributed by atoms with Gasteiger partial charge in [0, 0.05) is 18.8 Å². The number of aliphatic hydroxyl groups is 1. The van der Waals surface area contributed by atoms with Crippen molar-refractivity contribution in [2.75, 3.05) is 30.3 Å². The van der Waals surface area contributed by atoms with Crippen molar-refractivity contribution < 1.29 is 14.6 Å². The van der Waals surface area contributed by atoms with E-state index in [0.29, 0.717) is 43.8 Å². The van der Waals surface area contributed by atoms with Gasteiger partial charge in [0.25, 0.3) is 0 Å². The van der Waals surface area contributed by atoms with Gasteiger partial charge in [0.2, 0.25) is 0 Å². The van der Waals surface area contributed by atoms with Crippen LogP contribution in [0.1, 0.15) is 37.0 Å². The topological polar surface area (TPSA) is 75.8 Å². The zero-order chi connectivity index (χ0) is 14.8. The molecule has 0 bridgehead atoms. The lowest BCUT2D eigenvalue weighted by Crippen LogP contribution is -2.43. The molecule has 0 aromatic heterocycles. The van der Waals surface area contributed by atoms with E-state index >= 15 is 0 Å². The van der Waals surface area contributed by atoms with Gasteiger partial charge in [-0.15, -0.1) is 0 Å². The minimum atomic E-state index is -0.617. The molecule has 1 aliphatic heterocycles. The molecule has 0 radical (unpaired) electrons. The van der Waals surface area contributed by atoms with Crippen LogP contribution in [-0.4, -0.2) is 36.4 Å². The van der Waals surface area contributed by atoms with Crippen LogP contribution in [0.4, 0.5) is 11.4 Å². The number of anilines is 2. The lowest BCUT2D eigenvalue weighted by molar-refractivity contribution is 0.0351. The molecule has 2 rings (SSSR count). The van der Waals surface area contributed by atoms with Crippen LogP contribution in [-0.2, 0) is 4.74 Å². The minimum absolute atomic E-state index is 0.335. The number of nitrogens with zero attached hydrogens (tertiary/aromatic N) is 1. The predicted octanol–water partition coefficient (Wildman–Crippen LogP) is 1.80. The van der Waals surface area contributed by atoms with Gasteiger partial charge in [0.1, 0.15) is 0 Å². The Kier molecular flexibility index (Phi) is 4.18. The summed E-state index contributed by atoms with van der Waals surface area (Å²) in [4.78, 5) is 14.1. The van der Waals surface area contributed by atoms with Crippen molar-refractivity contribution in [3.05, 3.63) is 23.8 Å². The molecule has 0 saturated carbocycles. The Balaban J connectivity index is 2.25. The van der Waals surface area contributed by atoms with Gasteiger partial charge in [0.15, 0.2) is 0 Å². The number of carbonyl (C=O) groups excluding carboxylic acids is 1. The highest BCUT2D eigenvalue weighted by molar-refractivity contribution is 5.97. The molecule has 20 heavy (non-hydrogen) atoms. The molecule has 5 heteroatoms. The first-order chi connectivity index (χ1) is 9.43. The monoisotopic (exact) mass is 278 g/mol. The average molecular weight is 278 g/mol. The Labute approximate surface area is 119 Å². The van der Waals surface area contributed by atoms with Crippen LogP contribution >= 0.6 is 0 Å². The Morgan fingerprint density at radius 1 is 1.45 bits per heavy atom. The van der Waals surface area contributed by atoms with Crippen LogP contribution in [0.15, 0.2) is 18.2 Å². The maximum atomic E-state index is 12.0. The van der Waals surface area contributed by atoms with E-state index in [4.69, 9.17) is 10.5 Å². The van der Waals surface area contributed by atoms with E-state index in [1.807, 2.05) is 13.0 Å². The third kappa shape index (κ3) is 3.22. The SMILES string of the molecule is CCOC(=O)c1cc(N)ccc1N1CCC(C)(O)CC1. The smallest absolute Gasteiger partial charge is 0.340 e. The first-order valence-corrected chi connectivity index (χ1v) is 6.97. The van der Waals surface area contributed by atoms with Crippen LogP contribution in [0, 0.1) is 0 Å². The highest BCUT2D eigenvalue weighted by Gasteiger charge is 2.29. The molecule has 1 aromatic carbocycles. The van der Waals surface area contributed by atoms with Crippen molar-refractivity contribution in [2.45, 2.75) is 32.3 Å². The van der Waals surface area contributed by atoms with Crippen molar-refractivity contribution in [2.24, 2.45) is 0 Å². The Hall–Kier alpha value is -1.75. The largest absolute Gasteiger partial charge is 0.462 e. The van der Waals surface area contributed by atoms with Gasteiger partial charge in [-0.1, -0.05) is 0 Å². The number of esters is 1. The highest BCUT2D eigenvalue weighted by Crippen LogP contribution is 2.29. The van der Waals surface area contributed by atoms with E-state index in [9.17, 15) is 9.90 Å². The van der Waals surface area contributed by atoms with E-state index in [-0.39, 0.29) is 5.97 Å². The molecular formula is C15H22N2O3. The second-order valence-electron chi connectivity index (χ2n) is 5.48. The summed E-state index contributed by atoms with van der Waals surface area (Å²) in [5.74, 6) is -0.355. The molecule has 0 unspecified atom stereocenters. The standard InChI is InChI=1S/C15H22N2O3/c1-3-20-14(18)12-10-11(16)4-5-13(12)17-8-6-15(2,19)7-9-17/h4-5,10,19H,3,6-9,16H2,1-2H3. The molecule has 1 fully saturated rings. The van der Waals surface area contributed by atoms with Crippen molar-refractivity contribution in [1.29, 1.82) is 0 Å². The molecule has 0 amide bonds. The summed E-state index contributed by atoms with van der Waals surface area (Å²) in [6.07, 6.45) is 1.36. The zero-order valence-corrected chi connectivity index (χ0v) is 12.1. The van der Waals surface area contributed by atoms with Crippen molar-refractivity contribution in [3.8, 4) is 0 Å². The molecule has 0 aliphatic carbocycles. The minimum Gasteiger partial charge on any atom is -0.462 e. The van der Waals surface area contributed by atoms with E-state index in [1.165, 1.54) is 0 Å². The number of carbonyl (C=O) groups is 1. The zero-order valence-electron chi connectivity index (χ0n) is 12.1. The van der Waals surface area contributed by atoms with E-state index in [0.717, 1.165) is 5.69 Å². The summed E-state index contributed by atoms with van der Waals surface area (Å²) < 4.78 is 5.08. The number of benzene rings is 1. The molecule has 1 heterocycles. The number of ether oxygens (including phenoxy) is 1. The fourth-order valence-electron chi connectivity index (χ4n) is 2.43. The van der Waals surface area contributed by atoms with Gasteiger partial charge in [-0.25, -0.2) is 4.79 Å².